The summed E-state index contributed by atoms with van der Waals surface area (Å²) in [5.74, 6) is 0.580. The summed E-state index contributed by atoms with van der Waals surface area (Å²) in [5.41, 5.74) is 6.08. The van der Waals surface area contributed by atoms with E-state index in [0.29, 0.717) is 15.6 Å². The first-order valence-electron chi connectivity index (χ1n) is 7.50. The SMILES string of the molecule is C[C@H](C(N)=O)N1CCN(c2ccc3c(Cl)ccc(Cl)c3n2)CC1. The van der Waals surface area contributed by atoms with Gasteiger partial charge in [0.25, 0.3) is 0 Å². The average Bonchev–Trinajstić information content (AvgIpc) is 2.57. The Bertz CT molecular complexity index is 744. The molecule has 2 aromatic rings. The highest BCUT2D eigenvalue weighted by Crippen LogP contribution is 2.30. The quantitative estimate of drug-likeness (QED) is 0.921. The van der Waals surface area contributed by atoms with Crippen molar-refractivity contribution in [1.82, 2.24) is 9.88 Å². The number of pyridine rings is 1. The van der Waals surface area contributed by atoms with E-state index in [1.54, 1.807) is 12.1 Å². The van der Waals surface area contributed by atoms with Gasteiger partial charge in [0.2, 0.25) is 5.91 Å². The summed E-state index contributed by atoms with van der Waals surface area (Å²) in [6, 6.07) is 7.20. The molecule has 0 radical (unpaired) electrons. The van der Waals surface area contributed by atoms with E-state index < -0.39 is 0 Å². The van der Waals surface area contributed by atoms with Crippen LogP contribution in [0.5, 0.6) is 0 Å². The molecule has 2 N–H and O–H groups in total. The zero-order chi connectivity index (χ0) is 16.6. The smallest absolute Gasteiger partial charge is 0.234 e. The van der Waals surface area contributed by atoms with Gasteiger partial charge in [-0.3, -0.25) is 9.69 Å². The molecular formula is C16H18Cl2N4O. The number of hydrogen-bond donors (Lipinski definition) is 1. The maximum Gasteiger partial charge on any atom is 0.234 e. The summed E-state index contributed by atoms with van der Waals surface area (Å²) in [6.45, 7) is 4.96. The Labute approximate surface area is 145 Å². The number of amides is 1. The average molecular weight is 353 g/mol. The van der Waals surface area contributed by atoms with Gasteiger partial charge >= 0.3 is 0 Å². The molecule has 23 heavy (non-hydrogen) atoms. The Morgan fingerprint density at radius 3 is 2.43 bits per heavy atom. The number of nitrogens with zero attached hydrogens (tertiary/aromatic N) is 3. The lowest BCUT2D eigenvalue weighted by Crippen LogP contribution is -2.53. The van der Waals surface area contributed by atoms with Gasteiger partial charge in [-0.15, -0.1) is 0 Å². The van der Waals surface area contributed by atoms with Crippen LogP contribution in [-0.4, -0.2) is 48.0 Å². The molecular weight excluding hydrogens is 335 g/mol. The third-order valence-corrected chi connectivity index (χ3v) is 4.97. The molecule has 2 heterocycles. The number of fused-ring (bicyclic) bond motifs is 1. The summed E-state index contributed by atoms with van der Waals surface area (Å²) in [5, 5.41) is 2.08. The molecule has 0 aliphatic carbocycles. The molecule has 3 rings (SSSR count). The molecule has 0 spiro atoms. The second-order valence-electron chi connectivity index (χ2n) is 5.70. The lowest BCUT2D eigenvalue weighted by molar-refractivity contribution is -0.122. The molecule has 5 nitrogen and oxygen atoms in total. The van der Waals surface area contributed by atoms with Crippen LogP contribution in [0.15, 0.2) is 24.3 Å². The van der Waals surface area contributed by atoms with Crippen molar-refractivity contribution in [3.63, 3.8) is 0 Å². The summed E-state index contributed by atoms with van der Waals surface area (Å²) in [4.78, 5) is 20.2. The fourth-order valence-electron chi connectivity index (χ4n) is 2.83. The van der Waals surface area contributed by atoms with Crippen LogP contribution in [0.1, 0.15) is 6.92 Å². The summed E-state index contributed by atoms with van der Waals surface area (Å²) in [6.07, 6.45) is 0. The van der Waals surface area contributed by atoms with E-state index in [1.165, 1.54) is 0 Å². The Morgan fingerprint density at radius 1 is 1.13 bits per heavy atom. The van der Waals surface area contributed by atoms with Gasteiger partial charge in [-0.25, -0.2) is 4.98 Å². The van der Waals surface area contributed by atoms with Crippen LogP contribution < -0.4 is 10.6 Å². The Kier molecular flexibility index (Phi) is 4.62. The third kappa shape index (κ3) is 3.22. The Balaban J connectivity index is 1.80. The number of halogens is 2. The molecule has 0 saturated carbocycles. The second kappa shape index (κ2) is 6.51. The van der Waals surface area contributed by atoms with Crippen molar-refractivity contribution in [2.45, 2.75) is 13.0 Å². The molecule has 0 bridgehead atoms. The van der Waals surface area contributed by atoms with E-state index in [0.717, 1.165) is 37.4 Å². The number of carbonyl (C=O) groups excluding carboxylic acids is 1. The predicted octanol–water partition coefficient (Wildman–Crippen LogP) is 2.54. The van der Waals surface area contributed by atoms with Crippen molar-refractivity contribution in [1.29, 1.82) is 0 Å². The minimum Gasteiger partial charge on any atom is -0.368 e. The van der Waals surface area contributed by atoms with E-state index in [1.807, 2.05) is 19.1 Å². The Hall–Kier alpha value is -1.56. The summed E-state index contributed by atoms with van der Waals surface area (Å²) < 4.78 is 0. The van der Waals surface area contributed by atoms with Crippen molar-refractivity contribution >= 4 is 45.8 Å². The van der Waals surface area contributed by atoms with E-state index in [4.69, 9.17) is 28.9 Å². The van der Waals surface area contributed by atoms with Crippen LogP contribution in [0.4, 0.5) is 5.82 Å². The number of anilines is 1. The molecule has 7 heteroatoms. The van der Waals surface area contributed by atoms with Crippen LogP contribution in [-0.2, 0) is 4.79 Å². The summed E-state index contributed by atoms with van der Waals surface area (Å²) in [7, 11) is 0. The van der Waals surface area contributed by atoms with Crippen molar-refractivity contribution in [2.75, 3.05) is 31.1 Å². The minimum atomic E-state index is -0.288. The van der Waals surface area contributed by atoms with Gasteiger partial charge in [-0.1, -0.05) is 23.2 Å². The zero-order valence-corrected chi connectivity index (χ0v) is 14.3. The Morgan fingerprint density at radius 2 is 1.78 bits per heavy atom. The third-order valence-electron chi connectivity index (χ3n) is 4.34. The monoisotopic (exact) mass is 352 g/mol. The van der Waals surface area contributed by atoms with Gasteiger partial charge in [0, 0.05) is 31.6 Å². The van der Waals surface area contributed by atoms with Crippen LogP contribution in [0, 0.1) is 0 Å². The van der Waals surface area contributed by atoms with E-state index in [9.17, 15) is 4.79 Å². The molecule has 0 unspecified atom stereocenters. The zero-order valence-electron chi connectivity index (χ0n) is 12.8. The maximum absolute atomic E-state index is 11.3. The van der Waals surface area contributed by atoms with Crippen molar-refractivity contribution in [3.8, 4) is 0 Å². The topological polar surface area (TPSA) is 62.5 Å². The van der Waals surface area contributed by atoms with Crippen molar-refractivity contribution < 1.29 is 4.79 Å². The second-order valence-corrected chi connectivity index (χ2v) is 6.51. The number of aromatic nitrogens is 1. The van der Waals surface area contributed by atoms with Crippen molar-refractivity contribution in [2.24, 2.45) is 5.73 Å². The number of carbonyl (C=O) groups is 1. The molecule has 1 fully saturated rings. The first-order chi connectivity index (χ1) is 11.0. The van der Waals surface area contributed by atoms with Crippen LogP contribution in [0.3, 0.4) is 0 Å². The maximum atomic E-state index is 11.3. The molecule has 1 aromatic heterocycles. The van der Waals surface area contributed by atoms with E-state index >= 15 is 0 Å². The van der Waals surface area contributed by atoms with Gasteiger partial charge in [-0.2, -0.15) is 0 Å². The van der Waals surface area contributed by atoms with Crippen LogP contribution >= 0.6 is 23.2 Å². The summed E-state index contributed by atoms with van der Waals surface area (Å²) >= 11 is 12.4. The minimum absolute atomic E-state index is 0.241. The number of nitrogens with two attached hydrogens (primary N) is 1. The molecule has 1 atom stereocenters. The van der Waals surface area contributed by atoms with Crippen LogP contribution in [0.25, 0.3) is 10.9 Å². The first-order valence-corrected chi connectivity index (χ1v) is 8.26. The van der Waals surface area contributed by atoms with Gasteiger partial charge in [0.15, 0.2) is 0 Å². The molecule has 1 aliphatic rings. The van der Waals surface area contributed by atoms with Crippen molar-refractivity contribution in [3.05, 3.63) is 34.3 Å². The number of piperazine rings is 1. The lowest BCUT2D eigenvalue weighted by atomic mass is 10.2. The van der Waals surface area contributed by atoms with Gasteiger partial charge in [-0.05, 0) is 31.2 Å². The fraction of sp³-hybridized carbons (Fsp3) is 0.375. The molecule has 1 aliphatic heterocycles. The van der Waals surface area contributed by atoms with E-state index in [2.05, 4.69) is 14.8 Å². The highest BCUT2D eigenvalue weighted by molar-refractivity contribution is 6.39. The predicted molar refractivity (Wildman–Crippen MR) is 94.2 cm³/mol. The van der Waals surface area contributed by atoms with Gasteiger partial charge < -0.3 is 10.6 Å². The fourth-order valence-corrected chi connectivity index (χ4v) is 3.26. The van der Waals surface area contributed by atoms with Gasteiger partial charge in [0.05, 0.1) is 21.6 Å². The van der Waals surface area contributed by atoms with Crippen LogP contribution in [0.2, 0.25) is 10.0 Å². The largest absolute Gasteiger partial charge is 0.368 e. The van der Waals surface area contributed by atoms with Gasteiger partial charge in [0.1, 0.15) is 5.82 Å². The highest BCUT2D eigenvalue weighted by Gasteiger charge is 2.24. The molecule has 1 aromatic carbocycles. The number of primary amides is 1. The first kappa shape index (κ1) is 16.3. The highest BCUT2D eigenvalue weighted by atomic mass is 35.5. The lowest BCUT2D eigenvalue weighted by Gasteiger charge is -2.37. The number of rotatable bonds is 3. The molecule has 1 saturated heterocycles. The normalized spacial score (nSPS) is 17.4. The number of benzene rings is 1. The molecule has 1 amide bonds. The molecule has 122 valence electrons. The number of hydrogen-bond acceptors (Lipinski definition) is 4. The van der Waals surface area contributed by atoms with E-state index in [-0.39, 0.29) is 11.9 Å². The standard InChI is InChI=1S/C16H18Cl2N4O/c1-10(16(19)23)21-6-8-22(9-7-21)14-5-2-11-12(17)3-4-13(18)15(11)20-14/h2-5,10H,6-9H2,1H3,(H2,19,23)/t10-/m1/s1.